The second kappa shape index (κ2) is 7.38. The van der Waals surface area contributed by atoms with Gasteiger partial charge in [-0.05, 0) is 24.3 Å². The number of amides is 1. The molecule has 1 saturated heterocycles. The summed E-state index contributed by atoms with van der Waals surface area (Å²) in [6, 6.07) is 13.5. The monoisotopic (exact) mass is 388 g/mol. The van der Waals surface area contributed by atoms with E-state index in [1.54, 1.807) is 6.33 Å². The summed E-state index contributed by atoms with van der Waals surface area (Å²) in [4.78, 5) is 25.6. The number of fused-ring (bicyclic) bond motifs is 1. The van der Waals surface area contributed by atoms with Gasteiger partial charge >= 0.3 is 0 Å². The minimum atomic E-state index is 0.0689. The zero-order valence-corrected chi connectivity index (χ0v) is 15.8. The lowest BCUT2D eigenvalue weighted by Crippen LogP contribution is -2.49. The molecule has 4 aromatic rings. The van der Waals surface area contributed by atoms with E-state index in [0.29, 0.717) is 24.4 Å². The Balaban J connectivity index is 1.23. The maximum absolute atomic E-state index is 12.8. The summed E-state index contributed by atoms with van der Waals surface area (Å²) in [7, 11) is 0. The Bertz CT molecular complexity index is 1130. The first-order valence-electron chi connectivity index (χ1n) is 9.59. The SMILES string of the molecule is O=C(Cc1noc2ccccc12)N1CCN(c2cc(-n3cccc3)ncn2)CC1. The summed E-state index contributed by atoms with van der Waals surface area (Å²) in [5.41, 5.74) is 1.41. The van der Waals surface area contributed by atoms with E-state index in [-0.39, 0.29) is 12.3 Å². The van der Waals surface area contributed by atoms with Gasteiger partial charge in [0, 0.05) is 50.0 Å². The van der Waals surface area contributed by atoms with Crippen molar-refractivity contribution in [2.24, 2.45) is 0 Å². The summed E-state index contributed by atoms with van der Waals surface area (Å²) in [5, 5.41) is 4.98. The van der Waals surface area contributed by atoms with Gasteiger partial charge in [-0.1, -0.05) is 17.3 Å². The van der Waals surface area contributed by atoms with Gasteiger partial charge in [0.25, 0.3) is 0 Å². The molecule has 1 aliphatic rings. The minimum Gasteiger partial charge on any atom is -0.356 e. The van der Waals surface area contributed by atoms with Crippen molar-refractivity contribution in [3.8, 4) is 5.82 Å². The lowest BCUT2D eigenvalue weighted by atomic mass is 10.1. The molecule has 0 saturated carbocycles. The maximum atomic E-state index is 12.8. The Morgan fingerprint density at radius 1 is 0.966 bits per heavy atom. The van der Waals surface area contributed by atoms with Crippen molar-refractivity contribution in [2.45, 2.75) is 6.42 Å². The van der Waals surface area contributed by atoms with Crippen LogP contribution in [0.1, 0.15) is 5.69 Å². The first kappa shape index (κ1) is 17.4. The highest BCUT2D eigenvalue weighted by atomic mass is 16.5. The summed E-state index contributed by atoms with van der Waals surface area (Å²) < 4.78 is 7.26. The van der Waals surface area contributed by atoms with Gasteiger partial charge in [0.2, 0.25) is 5.91 Å². The van der Waals surface area contributed by atoms with Crippen LogP contribution in [-0.2, 0) is 11.2 Å². The number of piperazine rings is 1. The van der Waals surface area contributed by atoms with Gasteiger partial charge in [0.1, 0.15) is 23.7 Å². The van der Waals surface area contributed by atoms with Crippen LogP contribution in [-0.4, -0.2) is 56.7 Å². The summed E-state index contributed by atoms with van der Waals surface area (Å²) in [6.45, 7) is 2.76. The van der Waals surface area contributed by atoms with Gasteiger partial charge in [0.15, 0.2) is 5.58 Å². The topological polar surface area (TPSA) is 80.3 Å². The molecule has 0 atom stereocenters. The molecule has 0 radical (unpaired) electrons. The van der Waals surface area contributed by atoms with Gasteiger partial charge in [-0.2, -0.15) is 0 Å². The molecule has 29 heavy (non-hydrogen) atoms. The molecule has 8 heteroatoms. The highest BCUT2D eigenvalue weighted by Crippen LogP contribution is 2.20. The van der Waals surface area contributed by atoms with Crippen LogP contribution >= 0.6 is 0 Å². The van der Waals surface area contributed by atoms with Gasteiger partial charge in [0.05, 0.1) is 6.42 Å². The second-order valence-corrected chi connectivity index (χ2v) is 6.99. The third-order valence-corrected chi connectivity index (χ3v) is 5.23. The van der Waals surface area contributed by atoms with E-state index >= 15 is 0 Å². The molecule has 5 rings (SSSR count). The predicted molar refractivity (Wildman–Crippen MR) is 108 cm³/mol. The Labute approximate surface area is 167 Å². The van der Waals surface area contributed by atoms with Crippen molar-refractivity contribution in [3.05, 3.63) is 66.9 Å². The van der Waals surface area contributed by atoms with E-state index in [2.05, 4.69) is 20.0 Å². The molecule has 0 unspecified atom stereocenters. The smallest absolute Gasteiger partial charge is 0.228 e. The van der Waals surface area contributed by atoms with Gasteiger partial charge < -0.3 is 18.9 Å². The molecule has 1 amide bonds. The number of nitrogens with zero attached hydrogens (tertiary/aromatic N) is 6. The Morgan fingerprint density at radius 3 is 2.55 bits per heavy atom. The lowest BCUT2D eigenvalue weighted by Gasteiger charge is -2.35. The third-order valence-electron chi connectivity index (χ3n) is 5.23. The summed E-state index contributed by atoms with van der Waals surface area (Å²) in [5.74, 6) is 1.77. The van der Waals surface area contributed by atoms with Gasteiger partial charge in [-0.25, -0.2) is 9.97 Å². The molecule has 0 bridgehead atoms. The van der Waals surface area contributed by atoms with Crippen molar-refractivity contribution in [3.63, 3.8) is 0 Å². The Morgan fingerprint density at radius 2 is 1.72 bits per heavy atom. The van der Waals surface area contributed by atoms with Crippen LogP contribution < -0.4 is 4.90 Å². The first-order valence-corrected chi connectivity index (χ1v) is 9.59. The molecule has 3 aromatic heterocycles. The minimum absolute atomic E-state index is 0.0689. The second-order valence-electron chi connectivity index (χ2n) is 6.99. The standard InChI is InChI=1S/C21H20N6O2/c28-21(13-17-16-5-1-2-6-18(16)29-24-17)27-11-9-26(10-12-27)20-14-19(22-15-23-20)25-7-3-4-8-25/h1-8,14-15H,9-13H2. The van der Waals surface area contributed by atoms with E-state index < -0.39 is 0 Å². The summed E-state index contributed by atoms with van der Waals surface area (Å²) >= 11 is 0. The van der Waals surface area contributed by atoms with Crippen LogP contribution in [0.5, 0.6) is 0 Å². The molecular formula is C21H20N6O2. The van der Waals surface area contributed by atoms with Crippen LogP contribution in [0.4, 0.5) is 5.82 Å². The number of para-hydroxylation sites is 1. The number of hydrogen-bond acceptors (Lipinski definition) is 6. The molecule has 1 fully saturated rings. The van der Waals surface area contributed by atoms with E-state index in [4.69, 9.17) is 4.52 Å². The van der Waals surface area contributed by atoms with E-state index in [0.717, 1.165) is 30.1 Å². The van der Waals surface area contributed by atoms with Crippen LogP contribution in [0.2, 0.25) is 0 Å². The predicted octanol–water partition coefficient (Wildman–Crippen LogP) is 2.30. The lowest BCUT2D eigenvalue weighted by molar-refractivity contribution is -0.130. The van der Waals surface area contributed by atoms with E-state index in [9.17, 15) is 4.79 Å². The number of carbonyl (C=O) groups is 1. The fraction of sp³-hybridized carbons (Fsp3) is 0.238. The number of hydrogen-bond donors (Lipinski definition) is 0. The van der Waals surface area contributed by atoms with Crippen molar-refractivity contribution in [1.82, 2.24) is 24.6 Å². The number of benzene rings is 1. The number of anilines is 1. The zero-order valence-electron chi connectivity index (χ0n) is 15.8. The van der Waals surface area contributed by atoms with Crippen LogP contribution in [0.15, 0.2) is 65.7 Å². The largest absolute Gasteiger partial charge is 0.356 e. The highest BCUT2D eigenvalue weighted by Gasteiger charge is 2.23. The molecule has 1 aliphatic heterocycles. The Kier molecular flexibility index (Phi) is 4.44. The van der Waals surface area contributed by atoms with Crippen LogP contribution in [0, 0.1) is 0 Å². The number of aromatic nitrogens is 4. The molecule has 1 aromatic carbocycles. The fourth-order valence-electron chi connectivity index (χ4n) is 3.64. The van der Waals surface area contributed by atoms with Crippen molar-refractivity contribution < 1.29 is 9.32 Å². The quantitative estimate of drug-likeness (QED) is 0.534. The van der Waals surface area contributed by atoms with Gasteiger partial charge in [-0.15, -0.1) is 0 Å². The molecule has 4 heterocycles. The van der Waals surface area contributed by atoms with Crippen molar-refractivity contribution >= 4 is 22.7 Å². The Hall–Kier alpha value is -3.68. The number of rotatable bonds is 4. The van der Waals surface area contributed by atoms with Gasteiger partial charge in [-0.3, -0.25) is 4.79 Å². The first-order chi connectivity index (χ1) is 14.3. The molecule has 0 spiro atoms. The van der Waals surface area contributed by atoms with Crippen LogP contribution in [0.25, 0.3) is 16.8 Å². The van der Waals surface area contributed by atoms with Crippen LogP contribution in [0.3, 0.4) is 0 Å². The highest BCUT2D eigenvalue weighted by molar-refractivity contribution is 5.86. The molecular weight excluding hydrogens is 368 g/mol. The molecule has 0 N–H and O–H groups in total. The molecule has 0 aliphatic carbocycles. The normalized spacial score (nSPS) is 14.5. The average Bonchev–Trinajstić information content (AvgIpc) is 3.45. The fourth-order valence-corrected chi connectivity index (χ4v) is 3.64. The number of carbonyl (C=O) groups excluding carboxylic acids is 1. The third kappa shape index (κ3) is 3.44. The van der Waals surface area contributed by atoms with E-state index in [1.807, 2.05) is 64.3 Å². The van der Waals surface area contributed by atoms with Crippen molar-refractivity contribution in [1.29, 1.82) is 0 Å². The molecule has 8 nitrogen and oxygen atoms in total. The van der Waals surface area contributed by atoms with Crippen molar-refractivity contribution in [2.75, 3.05) is 31.1 Å². The summed E-state index contributed by atoms with van der Waals surface area (Å²) in [6.07, 6.45) is 5.74. The average molecular weight is 388 g/mol. The van der Waals surface area contributed by atoms with E-state index in [1.165, 1.54) is 0 Å². The zero-order chi connectivity index (χ0) is 19.6. The molecule has 146 valence electrons. The maximum Gasteiger partial charge on any atom is 0.228 e.